The van der Waals surface area contributed by atoms with Crippen LogP contribution in [0, 0.1) is 0 Å². The van der Waals surface area contributed by atoms with Gasteiger partial charge in [0.15, 0.2) is 0 Å². The van der Waals surface area contributed by atoms with Crippen LogP contribution < -0.4 is 19.7 Å². The molecule has 1 fully saturated rings. The number of methoxy groups -OCH3 is 2. The molecule has 6 nitrogen and oxygen atoms in total. The maximum Gasteiger partial charge on any atom is 0.255 e. The summed E-state index contributed by atoms with van der Waals surface area (Å²) >= 11 is 0. The Hall–Kier alpha value is -3.80. The van der Waals surface area contributed by atoms with Crippen molar-refractivity contribution in [1.29, 1.82) is 0 Å². The van der Waals surface area contributed by atoms with Gasteiger partial charge in [-0.05, 0) is 60.5 Å². The molecular weight excluding hydrogens is 392 g/mol. The Kier molecular flexibility index (Phi) is 5.89. The van der Waals surface area contributed by atoms with Crippen LogP contribution in [0.15, 0.2) is 66.7 Å². The lowest BCUT2D eigenvalue weighted by atomic mass is 10.0. The molecule has 1 aliphatic heterocycles. The topological polar surface area (TPSA) is 67.9 Å². The molecule has 0 spiro atoms. The van der Waals surface area contributed by atoms with Crippen LogP contribution in [0.5, 0.6) is 11.5 Å². The van der Waals surface area contributed by atoms with Crippen molar-refractivity contribution in [2.75, 3.05) is 31.0 Å². The van der Waals surface area contributed by atoms with Gasteiger partial charge in [0, 0.05) is 35.5 Å². The Morgan fingerprint density at radius 2 is 1.77 bits per heavy atom. The highest BCUT2D eigenvalue weighted by molar-refractivity contribution is 6.06. The SMILES string of the molecule is COc1ccc(-c2cc(NC(=O)c3cccc(N4CCCC4=O)c3)ccc2OC)cc1. The van der Waals surface area contributed by atoms with Gasteiger partial charge in [0.1, 0.15) is 11.5 Å². The lowest BCUT2D eigenvalue weighted by molar-refractivity contribution is -0.117. The molecule has 158 valence electrons. The van der Waals surface area contributed by atoms with Crippen LogP contribution in [-0.2, 0) is 4.79 Å². The Labute approximate surface area is 181 Å². The van der Waals surface area contributed by atoms with Crippen molar-refractivity contribution in [3.05, 3.63) is 72.3 Å². The van der Waals surface area contributed by atoms with E-state index in [1.54, 1.807) is 43.4 Å². The van der Waals surface area contributed by atoms with Gasteiger partial charge in [-0.2, -0.15) is 0 Å². The molecule has 0 bridgehead atoms. The van der Waals surface area contributed by atoms with Crippen LogP contribution in [0.3, 0.4) is 0 Å². The summed E-state index contributed by atoms with van der Waals surface area (Å²) in [6, 6.07) is 20.3. The average molecular weight is 416 g/mol. The molecule has 1 N–H and O–H groups in total. The van der Waals surface area contributed by atoms with E-state index in [-0.39, 0.29) is 11.8 Å². The number of carbonyl (C=O) groups is 2. The maximum absolute atomic E-state index is 12.9. The predicted molar refractivity (Wildman–Crippen MR) is 121 cm³/mol. The monoisotopic (exact) mass is 416 g/mol. The van der Waals surface area contributed by atoms with Gasteiger partial charge < -0.3 is 19.7 Å². The highest BCUT2D eigenvalue weighted by Gasteiger charge is 2.22. The molecule has 1 heterocycles. The highest BCUT2D eigenvalue weighted by Crippen LogP contribution is 2.33. The van der Waals surface area contributed by atoms with Crippen molar-refractivity contribution in [3.8, 4) is 22.6 Å². The summed E-state index contributed by atoms with van der Waals surface area (Å²) in [5, 5.41) is 2.95. The molecule has 0 aromatic heterocycles. The summed E-state index contributed by atoms with van der Waals surface area (Å²) in [6.45, 7) is 0.688. The third-order valence-corrected chi connectivity index (χ3v) is 5.35. The summed E-state index contributed by atoms with van der Waals surface area (Å²) < 4.78 is 10.7. The van der Waals surface area contributed by atoms with E-state index in [4.69, 9.17) is 9.47 Å². The molecule has 0 radical (unpaired) electrons. The van der Waals surface area contributed by atoms with Gasteiger partial charge in [-0.3, -0.25) is 9.59 Å². The van der Waals surface area contributed by atoms with Crippen molar-refractivity contribution < 1.29 is 19.1 Å². The standard InChI is InChI=1S/C25H24N2O4/c1-30-21-11-8-17(9-12-21)22-16-19(10-13-23(22)31-2)26-25(29)18-5-3-6-20(15-18)27-14-4-7-24(27)28/h3,5-6,8-13,15-16H,4,7,14H2,1-2H3,(H,26,29). The number of carbonyl (C=O) groups excluding carboxylic acids is 2. The summed E-state index contributed by atoms with van der Waals surface area (Å²) in [5.74, 6) is 1.33. The first kappa shape index (κ1) is 20.5. The van der Waals surface area contributed by atoms with E-state index in [9.17, 15) is 9.59 Å². The van der Waals surface area contributed by atoms with Gasteiger partial charge in [-0.25, -0.2) is 0 Å². The van der Waals surface area contributed by atoms with E-state index in [0.29, 0.717) is 30.0 Å². The summed E-state index contributed by atoms with van der Waals surface area (Å²) in [7, 11) is 3.24. The number of benzene rings is 3. The largest absolute Gasteiger partial charge is 0.497 e. The van der Waals surface area contributed by atoms with Crippen molar-refractivity contribution in [3.63, 3.8) is 0 Å². The molecule has 0 saturated carbocycles. The first-order chi connectivity index (χ1) is 15.1. The minimum Gasteiger partial charge on any atom is -0.497 e. The van der Waals surface area contributed by atoms with E-state index >= 15 is 0 Å². The van der Waals surface area contributed by atoms with Crippen LogP contribution in [-0.4, -0.2) is 32.6 Å². The van der Waals surface area contributed by atoms with E-state index in [1.165, 1.54) is 0 Å². The molecule has 0 atom stereocenters. The zero-order chi connectivity index (χ0) is 21.8. The zero-order valence-corrected chi connectivity index (χ0v) is 17.6. The molecule has 2 amide bonds. The second-order valence-corrected chi connectivity index (χ2v) is 7.30. The van der Waals surface area contributed by atoms with Crippen LogP contribution >= 0.6 is 0 Å². The number of nitrogens with one attached hydrogen (secondary N) is 1. The lowest BCUT2D eigenvalue weighted by Gasteiger charge is -2.17. The molecule has 4 rings (SSSR count). The molecule has 3 aromatic rings. The number of hydrogen-bond acceptors (Lipinski definition) is 4. The van der Waals surface area contributed by atoms with Gasteiger partial charge in [-0.15, -0.1) is 0 Å². The number of amides is 2. The number of rotatable bonds is 6. The van der Waals surface area contributed by atoms with E-state index < -0.39 is 0 Å². The second-order valence-electron chi connectivity index (χ2n) is 7.30. The fourth-order valence-electron chi connectivity index (χ4n) is 3.72. The van der Waals surface area contributed by atoms with Crippen LogP contribution in [0.4, 0.5) is 11.4 Å². The fourth-order valence-corrected chi connectivity index (χ4v) is 3.72. The third kappa shape index (κ3) is 4.38. The summed E-state index contributed by atoms with van der Waals surface area (Å²) in [6.07, 6.45) is 1.39. The zero-order valence-electron chi connectivity index (χ0n) is 17.6. The van der Waals surface area contributed by atoms with E-state index in [1.807, 2.05) is 42.5 Å². The molecule has 0 aliphatic carbocycles. The van der Waals surface area contributed by atoms with Crippen molar-refractivity contribution in [2.24, 2.45) is 0 Å². The van der Waals surface area contributed by atoms with Crippen molar-refractivity contribution >= 4 is 23.2 Å². The van der Waals surface area contributed by atoms with Gasteiger partial charge in [0.25, 0.3) is 5.91 Å². The first-order valence-corrected chi connectivity index (χ1v) is 10.1. The minimum absolute atomic E-state index is 0.0943. The number of nitrogens with zero attached hydrogens (tertiary/aromatic N) is 1. The number of ether oxygens (including phenoxy) is 2. The summed E-state index contributed by atoms with van der Waals surface area (Å²) in [5.41, 5.74) is 3.71. The number of anilines is 2. The van der Waals surface area contributed by atoms with Crippen molar-refractivity contribution in [2.45, 2.75) is 12.8 Å². The van der Waals surface area contributed by atoms with E-state index in [2.05, 4.69) is 5.32 Å². The highest BCUT2D eigenvalue weighted by atomic mass is 16.5. The van der Waals surface area contributed by atoms with Gasteiger partial charge in [-0.1, -0.05) is 18.2 Å². The Morgan fingerprint density at radius 1 is 0.968 bits per heavy atom. The fraction of sp³-hybridized carbons (Fsp3) is 0.200. The Bertz CT molecular complexity index is 1110. The molecular formula is C25H24N2O4. The Balaban J connectivity index is 1.58. The smallest absolute Gasteiger partial charge is 0.255 e. The predicted octanol–water partition coefficient (Wildman–Crippen LogP) is 4.75. The van der Waals surface area contributed by atoms with Crippen LogP contribution in [0.25, 0.3) is 11.1 Å². The lowest BCUT2D eigenvalue weighted by Crippen LogP contribution is -2.24. The quantitative estimate of drug-likeness (QED) is 0.630. The maximum atomic E-state index is 12.9. The Morgan fingerprint density at radius 3 is 2.45 bits per heavy atom. The van der Waals surface area contributed by atoms with E-state index in [0.717, 1.165) is 29.0 Å². The third-order valence-electron chi connectivity index (χ3n) is 5.35. The summed E-state index contributed by atoms with van der Waals surface area (Å²) in [4.78, 5) is 26.6. The van der Waals surface area contributed by atoms with Gasteiger partial charge in [0.05, 0.1) is 14.2 Å². The van der Waals surface area contributed by atoms with Gasteiger partial charge >= 0.3 is 0 Å². The van der Waals surface area contributed by atoms with Crippen LogP contribution in [0.2, 0.25) is 0 Å². The molecule has 6 heteroatoms. The first-order valence-electron chi connectivity index (χ1n) is 10.1. The van der Waals surface area contributed by atoms with Crippen LogP contribution in [0.1, 0.15) is 23.2 Å². The second kappa shape index (κ2) is 8.92. The molecule has 31 heavy (non-hydrogen) atoms. The van der Waals surface area contributed by atoms with Crippen molar-refractivity contribution in [1.82, 2.24) is 0 Å². The molecule has 0 unspecified atom stereocenters. The minimum atomic E-state index is -0.237. The molecule has 1 aliphatic rings. The average Bonchev–Trinajstić information content (AvgIpc) is 3.25. The van der Waals surface area contributed by atoms with Gasteiger partial charge in [0.2, 0.25) is 5.91 Å². The normalized spacial score (nSPS) is 13.2. The molecule has 1 saturated heterocycles. The number of hydrogen-bond donors (Lipinski definition) is 1. The molecule has 3 aromatic carbocycles.